The lowest BCUT2D eigenvalue weighted by Crippen LogP contribution is -2.41. The second-order valence-electron chi connectivity index (χ2n) is 5.35. The predicted molar refractivity (Wildman–Crippen MR) is 70.6 cm³/mol. The van der Waals surface area contributed by atoms with E-state index in [4.69, 9.17) is 0 Å². The van der Waals surface area contributed by atoms with Crippen molar-refractivity contribution in [1.29, 1.82) is 0 Å². The van der Waals surface area contributed by atoms with E-state index in [-0.39, 0.29) is 0 Å². The highest BCUT2D eigenvalue weighted by Gasteiger charge is 2.21. The fourth-order valence-electron chi connectivity index (χ4n) is 2.23. The van der Waals surface area contributed by atoms with Crippen molar-refractivity contribution in [3.8, 4) is 0 Å². The summed E-state index contributed by atoms with van der Waals surface area (Å²) >= 11 is 0. The Balaban J connectivity index is 2.81. The van der Waals surface area contributed by atoms with Gasteiger partial charge in [-0.05, 0) is 24.6 Å². The lowest BCUT2D eigenvalue weighted by molar-refractivity contribution is 0.995. The molecule has 0 aliphatic rings. The summed E-state index contributed by atoms with van der Waals surface area (Å²) in [6.07, 6.45) is 0. The topological polar surface area (TPSA) is 4.93 Å². The van der Waals surface area contributed by atoms with Gasteiger partial charge in [0.25, 0.3) is 0 Å². The molecular weight excluding hydrogens is 198 g/mol. The van der Waals surface area contributed by atoms with Crippen LogP contribution in [0.25, 0.3) is 10.9 Å². The fraction of sp³-hybridized carbons (Fsp3) is 0.385. The van der Waals surface area contributed by atoms with Gasteiger partial charge < -0.3 is 4.57 Å². The van der Waals surface area contributed by atoms with Crippen LogP contribution < -0.4 is 5.32 Å². The first-order valence-electron chi connectivity index (χ1n) is 5.47. The molecule has 0 aliphatic heterocycles. The van der Waals surface area contributed by atoms with Crippen LogP contribution in [0, 0.1) is 6.92 Å². The highest BCUT2D eigenvalue weighted by molar-refractivity contribution is 6.88. The summed E-state index contributed by atoms with van der Waals surface area (Å²) in [5.41, 5.74) is 2.75. The number of aromatic nitrogens is 1. The predicted octanol–water partition coefficient (Wildman–Crippen LogP) is 3.03. The van der Waals surface area contributed by atoms with Crippen molar-refractivity contribution in [2.45, 2.75) is 26.6 Å². The SMILES string of the molecule is Cc1cccc2c1cc([Si](C)(C)C)n2C. The third kappa shape index (κ3) is 1.63. The van der Waals surface area contributed by atoms with Crippen molar-refractivity contribution in [2.75, 3.05) is 0 Å². The Morgan fingerprint density at radius 2 is 1.80 bits per heavy atom. The van der Waals surface area contributed by atoms with Gasteiger partial charge in [0.1, 0.15) is 0 Å². The highest BCUT2D eigenvalue weighted by atomic mass is 28.3. The van der Waals surface area contributed by atoms with E-state index in [0.717, 1.165) is 0 Å². The summed E-state index contributed by atoms with van der Waals surface area (Å²) in [4.78, 5) is 0. The molecule has 0 saturated carbocycles. The number of benzene rings is 1. The van der Waals surface area contributed by atoms with Gasteiger partial charge in [-0.2, -0.15) is 0 Å². The van der Waals surface area contributed by atoms with Gasteiger partial charge in [-0.15, -0.1) is 0 Å². The Bertz CT molecular complexity index is 503. The van der Waals surface area contributed by atoms with Crippen LogP contribution >= 0.6 is 0 Å². The molecule has 1 nitrogen and oxygen atoms in total. The van der Waals surface area contributed by atoms with E-state index in [1.54, 1.807) is 0 Å². The van der Waals surface area contributed by atoms with Gasteiger partial charge in [0.15, 0.2) is 0 Å². The van der Waals surface area contributed by atoms with E-state index < -0.39 is 8.07 Å². The van der Waals surface area contributed by atoms with Gasteiger partial charge in [0.2, 0.25) is 0 Å². The maximum Gasteiger partial charge on any atom is 0.0984 e. The largest absolute Gasteiger partial charge is 0.352 e. The summed E-state index contributed by atoms with van der Waals surface area (Å²) in [7, 11) is 0.969. The van der Waals surface area contributed by atoms with Crippen LogP contribution in [0.3, 0.4) is 0 Å². The molecule has 0 aliphatic carbocycles. The first-order valence-corrected chi connectivity index (χ1v) is 8.97. The van der Waals surface area contributed by atoms with Gasteiger partial charge in [-0.3, -0.25) is 0 Å². The van der Waals surface area contributed by atoms with E-state index >= 15 is 0 Å². The third-order valence-electron chi connectivity index (χ3n) is 3.07. The molecule has 0 saturated heterocycles. The molecule has 2 aromatic rings. The summed E-state index contributed by atoms with van der Waals surface area (Å²) in [6, 6.07) is 8.94. The van der Waals surface area contributed by atoms with Crippen LogP contribution in [-0.4, -0.2) is 12.6 Å². The molecule has 1 aromatic heterocycles. The summed E-state index contributed by atoms with van der Waals surface area (Å²) in [5.74, 6) is 0. The number of hydrogen-bond acceptors (Lipinski definition) is 0. The van der Waals surface area contributed by atoms with E-state index in [9.17, 15) is 0 Å². The maximum atomic E-state index is 2.40. The zero-order valence-electron chi connectivity index (χ0n) is 10.3. The first-order chi connectivity index (χ1) is 6.91. The maximum absolute atomic E-state index is 2.40. The van der Waals surface area contributed by atoms with E-state index in [0.29, 0.717) is 0 Å². The third-order valence-corrected chi connectivity index (χ3v) is 5.09. The Labute approximate surface area is 92.7 Å². The normalized spacial score (nSPS) is 12.3. The lowest BCUT2D eigenvalue weighted by Gasteiger charge is -2.17. The molecular formula is C13H19NSi. The van der Waals surface area contributed by atoms with Gasteiger partial charge in [0.05, 0.1) is 8.07 Å². The highest BCUT2D eigenvalue weighted by Crippen LogP contribution is 2.19. The Hall–Kier alpha value is -1.02. The molecule has 0 N–H and O–H groups in total. The second kappa shape index (κ2) is 3.24. The van der Waals surface area contributed by atoms with Crippen molar-refractivity contribution in [3.05, 3.63) is 29.8 Å². The number of fused-ring (bicyclic) bond motifs is 1. The monoisotopic (exact) mass is 217 g/mol. The minimum atomic E-state index is -1.22. The molecule has 0 fully saturated rings. The molecule has 0 spiro atoms. The average Bonchev–Trinajstić information content (AvgIpc) is 2.45. The summed E-state index contributed by atoms with van der Waals surface area (Å²) in [6.45, 7) is 9.39. The van der Waals surface area contributed by atoms with Gasteiger partial charge in [-0.1, -0.05) is 31.8 Å². The van der Waals surface area contributed by atoms with E-state index in [1.165, 1.54) is 21.8 Å². The van der Waals surface area contributed by atoms with E-state index in [1.807, 2.05) is 0 Å². The number of hydrogen-bond donors (Lipinski definition) is 0. The molecule has 80 valence electrons. The number of rotatable bonds is 1. The molecule has 2 rings (SSSR count). The van der Waals surface area contributed by atoms with Crippen LogP contribution in [0.4, 0.5) is 0 Å². The molecule has 1 aromatic carbocycles. The second-order valence-corrected chi connectivity index (χ2v) is 10.4. The number of nitrogens with zero attached hydrogens (tertiary/aromatic N) is 1. The first kappa shape index (κ1) is 10.5. The van der Waals surface area contributed by atoms with Crippen molar-refractivity contribution in [3.63, 3.8) is 0 Å². The molecule has 0 amide bonds. The Morgan fingerprint density at radius 3 is 2.33 bits per heavy atom. The molecule has 0 atom stereocenters. The smallest absolute Gasteiger partial charge is 0.0984 e. The molecule has 1 heterocycles. The Kier molecular flexibility index (Phi) is 2.27. The summed E-state index contributed by atoms with van der Waals surface area (Å²) < 4.78 is 2.37. The zero-order chi connectivity index (χ0) is 11.2. The fourth-order valence-corrected chi connectivity index (χ4v) is 3.93. The minimum absolute atomic E-state index is 1.22. The van der Waals surface area contributed by atoms with Crippen molar-refractivity contribution in [2.24, 2.45) is 7.05 Å². The van der Waals surface area contributed by atoms with Crippen LogP contribution in [0.2, 0.25) is 19.6 Å². The van der Waals surface area contributed by atoms with Crippen LogP contribution in [-0.2, 0) is 7.05 Å². The molecule has 0 unspecified atom stereocenters. The number of aryl methyl sites for hydroxylation is 2. The summed E-state index contributed by atoms with van der Waals surface area (Å²) in [5, 5.41) is 2.95. The molecule has 2 heteroatoms. The lowest BCUT2D eigenvalue weighted by atomic mass is 10.1. The Morgan fingerprint density at radius 1 is 1.13 bits per heavy atom. The van der Waals surface area contributed by atoms with Crippen molar-refractivity contribution in [1.82, 2.24) is 4.57 Å². The minimum Gasteiger partial charge on any atom is -0.352 e. The van der Waals surface area contributed by atoms with Gasteiger partial charge in [0, 0.05) is 23.3 Å². The van der Waals surface area contributed by atoms with Crippen molar-refractivity contribution < 1.29 is 0 Å². The molecule has 15 heavy (non-hydrogen) atoms. The molecule has 0 radical (unpaired) electrons. The standard InChI is InChI=1S/C13H19NSi/c1-10-7-6-8-12-11(10)9-13(14(12)2)15(3,4)5/h6-9H,1-5H3. The van der Waals surface area contributed by atoms with Crippen molar-refractivity contribution >= 4 is 24.3 Å². The van der Waals surface area contributed by atoms with Gasteiger partial charge >= 0.3 is 0 Å². The van der Waals surface area contributed by atoms with Gasteiger partial charge in [-0.25, -0.2) is 0 Å². The average molecular weight is 217 g/mol. The van der Waals surface area contributed by atoms with Crippen LogP contribution in [0.5, 0.6) is 0 Å². The zero-order valence-corrected chi connectivity index (χ0v) is 11.3. The molecule has 0 bridgehead atoms. The quantitative estimate of drug-likeness (QED) is 0.647. The van der Waals surface area contributed by atoms with Crippen LogP contribution in [0.1, 0.15) is 5.56 Å². The van der Waals surface area contributed by atoms with Crippen LogP contribution in [0.15, 0.2) is 24.3 Å². The van der Waals surface area contributed by atoms with E-state index in [2.05, 4.69) is 62.4 Å².